The highest BCUT2D eigenvalue weighted by atomic mass is 16.5. The van der Waals surface area contributed by atoms with Crippen molar-refractivity contribution in [1.82, 2.24) is 4.90 Å². The Hall–Kier alpha value is -0.0151. The Labute approximate surface area is 145 Å². The van der Waals surface area contributed by atoms with Gasteiger partial charge in [0, 0.05) is 12.1 Å². The van der Waals surface area contributed by atoms with Crippen LogP contribution in [0.3, 0.4) is 0 Å². The second-order valence-corrected chi connectivity index (χ2v) is 9.25. The Morgan fingerprint density at radius 2 is 1.78 bits per heavy atom. The first kappa shape index (κ1) is 17.8. The van der Waals surface area contributed by atoms with Crippen molar-refractivity contribution in [2.24, 2.45) is 17.8 Å². The molecule has 3 fully saturated rings. The topological polar surface area (TPSA) is 12.5 Å². The van der Waals surface area contributed by atoms with E-state index in [4.69, 9.17) is 12.6 Å². The van der Waals surface area contributed by atoms with Gasteiger partial charge in [-0.25, -0.2) is 0 Å². The van der Waals surface area contributed by atoms with Crippen LogP contribution in [0.1, 0.15) is 72.6 Å². The van der Waals surface area contributed by atoms with Crippen LogP contribution < -0.4 is 0 Å². The van der Waals surface area contributed by atoms with E-state index in [2.05, 4.69) is 32.6 Å². The number of hydrogen-bond acceptors (Lipinski definition) is 2. The molecule has 4 unspecified atom stereocenters. The molecule has 4 atom stereocenters. The minimum absolute atomic E-state index is 0.331. The van der Waals surface area contributed by atoms with Crippen molar-refractivity contribution in [2.45, 2.75) is 96.1 Å². The average molecular weight is 317 g/mol. The maximum atomic E-state index is 6.74. The zero-order chi connectivity index (χ0) is 16.6. The minimum Gasteiger partial charge on any atom is -0.377 e. The van der Waals surface area contributed by atoms with E-state index in [9.17, 15) is 0 Å². The summed E-state index contributed by atoms with van der Waals surface area (Å²) in [5.41, 5.74) is 0.331. The van der Waals surface area contributed by atoms with E-state index in [1.807, 2.05) is 0 Å². The van der Waals surface area contributed by atoms with Crippen LogP contribution in [0.25, 0.3) is 0 Å². The number of likely N-dealkylation sites (tertiary alicyclic amines) is 1. The first-order valence-electron chi connectivity index (χ1n) is 10.1. The number of nitrogens with zero attached hydrogens (tertiary/aromatic N) is 1. The summed E-state index contributed by atoms with van der Waals surface area (Å²) in [6, 6.07) is 1.34. The SMILES string of the molecule is [B]C1CCCCCC2C(CC3(COC3)N2C(C)C)C1CC(C)C. The summed E-state index contributed by atoms with van der Waals surface area (Å²) in [5.74, 6) is 2.61. The van der Waals surface area contributed by atoms with Crippen LogP contribution >= 0.6 is 0 Å². The molecule has 0 N–H and O–H groups in total. The van der Waals surface area contributed by atoms with E-state index in [0.717, 1.165) is 31.1 Å². The third kappa shape index (κ3) is 3.38. The molecule has 1 saturated carbocycles. The maximum Gasteiger partial charge on any atom is 0.0703 e. The lowest BCUT2D eigenvalue weighted by Crippen LogP contribution is -2.62. The van der Waals surface area contributed by atoms with E-state index in [1.54, 1.807) is 0 Å². The molecule has 2 heterocycles. The van der Waals surface area contributed by atoms with E-state index in [1.165, 1.54) is 44.9 Å². The van der Waals surface area contributed by atoms with Gasteiger partial charge >= 0.3 is 0 Å². The Bertz CT molecular complexity index is 393. The normalized spacial score (nSPS) is 38.2. The molecule has 0 aromatic heterocycles. The van der Waals surface area contributed by atoms with Crippen LogP contribution in [0.2, 0.25) is 5.82 Å². The number of hydrogen-bond donors (Lipinski definition) is 0. The van der Waals surface area contributed by atoms with Gasteiger partial charge in [-0.15, -0.1) is 0 Å². The summed E-state index contributed by atoms with van der Waals surface area (Å²) in [5, 5.41) is 0. The van der Waals surface area contributed by atoms with E-state index in [-0.39, 0.29) is 0 Å². The van der Waals surface area contributed by atoms with Crippen molar-refractivity contribution in [3.8, 4) is 0 Å². The first-order chi connectivity index (χ1) is 10.9. The van der Waals surface area contributed by atoms with Gasteiger partial charge in [0.15, 0.2) is 0 Å². The van der Waals surface area contributed by atoms with Crippen molar-refractivity contribution < 1.29 is 4.74 Å². The molecule has 2 aliphatic heterocycles. The van der Waals surface area contributed by atoms with Crippen LogP contribution in [0.5, 0.6) is 0 Å². The fourth-order valence-electron chi connectivity index (χ4n) is 5.90. The Morgan fingerprint density at radius 1 is 1.09 bits per heavy atom. The minimum atomic E-state index is 0.331. The molecule has 2 radical (unpaired) electrons. The highest BCUT2D eigenvalue weighted by molar-refractivity contribution is 6.11. The van der Waals surface area contributed by atoms with Gasteiger partial charge in [-0.1, -0.05) is 45.3 Å². The highest BCUT2D eigenvalue weighted by Gasteiger charge is 2.57. The third-order valence-corrected chi connectivity index (χ3v) is 6.69. The second-order valence-electron chi connectivity index (χ2n) is 9.25. The predicted octanol–water partition coefficient (Wildman–Crippen LogP) is 4.44. The van der Waals surface area contributed by atoms with Gasteiger partial charge < -0.3 is 4.74 Å². The van der Waals surface area contributed by atoms with E-state index in [0.29, 0.717) is 23.3 Å². The summed E-state index contributed by atoms with van der Waals surface area (Å²) in [6.45, 7) is 11.4. The number of fused-ring (bicyclic) bond motifs is 1. The summed E-state index contributed by atoms with van der Waals surface area (Å²) in [7, 11) is 6.74. The quantitative estimate of drug-likeness (QED) is 0.714. The van der Waals surface area contributed by atoms with Crippen LogP contribution in [0.4, 0.5) is 0 Å². The molecule has 1 aliphatic carbocycles. The van der Waals surface area contributed by atoms with Crippen molar-refractivity contribution >= 4 is 7.85 Å². The molecule has 3 aliphatic rings. The van der Waals surface area contributed by atoms with Crippen molar-refractivity contribution in [2.75, 3.05) is 13.2 Å². The van der Waals surface area contributed by atoms with Crippen LogP contribution in [-0.4, -0.2) is 43.6 Å². The van der Waals surface area contributed by atoms with Gasteiger partial charge in [0.1, 0.15) is 0 Å². The number of ether oxygens (including phenoxy) is 1. The van der Waals surface area contributed by atoms with Crippen LogP contribution in [-0.2, 0) is 4.74 Å². The van der Waals surface area contributed by atoms with Crippen LogP contribution in [0.15, 0.2) is 0 Å². The van der Waals surface area contributed by atoms with Crippen LogP contribution in [0, 0.1) is 17.8 Å². The average Bonchev–Trinajstić information content (AvgIpc) is 2.80. The summed E-state index contributed by atoms with van der Waals surface area (Å²) >= 11 is 0. The van der Waals surface area contributed by atoms with Gasteiger partial charge in [-0.05, 0) is 50.9 Å². The molecular weight excluding hydrogens is 281 g/mol. The maximum absolute atomic E-state index is 6.74. The first-order valence-corrected chi connectivity index (χ1v) is 10.1. The Balaban J connectivity index is 1.90. The second kappa shape index (κ2) is 7.08. The van der Waals surface area contributed by atoms with Gasteiger partial charge in [0.25, 0.3) is 0 Å². The highest BCUT2D eigenvalue weighted by Crippen LogP contribution is 2.52. The molecule has 2 nitrogen and oxygen atoms in total. The molecule has 0 amide bonds. The lowest BCUT2D eigenvalue weighted by Gasteiger charge is -2.49. The van der Waals surface area contributed by atoms with Gasteiger partial charge in [-0.3, -0.25) is 4.90 Å². The largest absolute Gasteiger partial charge is 0.377 e. The Kier molecular flexibility index (Phi) is 5.48. The molecule has 130 valence electrons. The third-order valence-electron chi connectivity index (χ3n) is 6.69. The predicted molar refractivity (Wildman–Crippen MR) is 98.0 cm³/mol. The summed E-state index contributed by atoms with van der Waals surface area (Å²) < 4.78 is 5.70. The van der Waals surface area contributed by atoms with Crippen molar-refractivity contribution in [3.63, 3.8) is 0 Å². The molecule has 3 rings (SSSR count). The molecule has 1 spiro atoms. The molecule has 0 aromatic rings. The summed E-state index contributed by atoms with van der Waals surface area (Å²) in [4.78, 5) is 2.85. The van der Waals surface area contributed by atoms with Crippen molar-refractivity contribution in [3.05, 3.63) is 0 Å². The lowest BCUT2D eigenvalue weighted by molar-refractivity contribution is -0.141. The summed E-state index contributed by atoms with van der Waals surface area (Å²) in [6.07, 6.45) is 9.28. The smallest absolute Gasteiger partial charge is 0.0703 e. The standard InChI is InChI=1S/C20H36BNO/c1-14(2)10-16-17-11-20(12-23-13-20)22(15(3)4)19(17)9-7-5-6-8-18(16)21/h14-19H,5-13H2,1-4H3. The zero-order valence-electron chi connectivity index (χ0n) is 15.8. The Morgan fingerprint density at radius 3 is 2.35 bits per heavy atom. The van der Waals surface area contributed by atoms with E-state index >= 15 is 0 Å². The molecule has 23 heavy (non-hydrogen) atoms. The fourth-order valence-corrected chi connectivity index (χ4v) is 5.90. The molecule has 3 heteroatoms. The van der Waals surface area contributed by atoms with Gasteiger partial charge in [0.05, 0.1) is 26.6 Å². The lowest BCUT2D eigenvalue weighted by atomic mass is 9.63. The van der Waals surface area contributed by atoms with Crippen molar-refractivity contribution in [1.29, 1.82) is 0 Å². The molecule has 2 saturated heterocycles. The van der Waals surface area contributed by atoms with Gasteiger partial charge in [0.2, 0.25) is 0 Å². The number of rotatable bonds is 3. The zero-order valence-corrected chi connectivity index (χ0v) is 15.8. The molecule has 0 bridgehead atoms. The monoisotopic (exact) mass is 317 g/mol. The molecule has 0 aromatic carbocycles. The molecular formula is C20H36BNO. The van der Waals surface area contributed by atoms with Gasteiger partial charge in [-0.2, -0.15) is 0 Å². The fraction of sp³-hybridized carbons (Fsp3) is 1.00. The van der Waals surface area contributed by atoms with E-state index < -0.39 is 0 Å².